The van der Waals surface area contributed by atoms with Gasteiger partial charge in [0.05, 0.1) is 6.10 Å². The molecule has 15 heavy (non-hydrogen) atoms. The fourth-order valence-electron chi connectivity index (χ4n) is 2.36. The van der Waals surface area contributed by atoms with Crippen LogP contribution in [0.15, 0.2) is 0 Å². The van der Waals surface area contributed by atoms with E-state index in [1.807, 2.05) is 0 Å². The molecule has 0 spiro atoms. The first kappa shape index (κ1) is 12.9. The van der Waals surface area contributed by atoms with Crippen LogP contribution in [-0.4, -0.2) is 60.8 Å². The van der Waals surface area contributed by atoms with E-state index in [0.29, 0.717) is 12.0 Å². The van der Waals surface area contributed by atoms with Crippen LogP contribution in [0.3, 0.4) is 0 Å². The lowest BCUT2D eigenvalue weighted by Crippen LogP contribution is -2.46. The van der Waals surface area contributed by atoms with Gasteiger partial charge in [-0.3, -0.25) is 4.90 Å². The third-order valence-corrected chi connectivity index (χ3v) is 3.27. The highest BCUT2D eigenvalue weighted by molar-refractivity contribution is 4.83. The minimum Gasteiger partial charge on any atom is -0.391 e. The van der Waals surface area contributed by atoms with Gasteiger partial charge < -0.3 is 10.0 Å². The summed E-state index contributed by atoms with van der Waals surface area (Å²) in [4.78, 5) is 4.65. The van der Waals surface area contributed by atoms with Gasteiger partial charge in [-0.05, 0) is 45.9 Å². The van der Waals surface area contributed by atoms with Crippen molar-refractivity contribution in [3.05, 3.63) is 0 Å². The molecule has 1 saturated heterocycles. The number of nitrogens with zero attached hydrogens (tertiary/aromatic N) is 2. The van der Waals surface area contributed by atoms with E-state index in [-0.39, 0.29) is 6.10 Å². The lowest BCUT2D eigenvalue weighted by molar-refractivity contribution is 0.0436. The maximum absolute atomic E-state index is 10.2. The van der Waals surface area contributed by atoms with Crippen LogP contribution in [0.2, 0.25) is 0 Å². The summed E-state index contributed by atoms with van der Waals surface area (Å²) in [5, 5.41) is 10.2. The lowest BCUT2D eigenvalue weighted by Gasteiger charge is -2.32. The first-order valence-electron chi connectivity index (χ1n) is 6.07. The number of aliphatic hydroxyl groups excluding tert-OH is 1. The Hall–Kier alpha value is -0.120. The summed E-state index contributed by atoms with van der Waals surface area (Å²) in [6.07, 6.45) is 1.93. The Kier molecular flexibility index (Phi) is 5.03. The average molecular weight is 214 g/mol. The molecular formula is C12H26N2O. The van der Waals surface area contributed by atoms with Crippen molar-refractivity contribution in [2.24, 2.45) is 5.92 Å². The quantitative estimate of drug-likeness (QED) is 0.760. The zero-order chi connectivity index (χ0) is 11.4. The summed E-state index contributed by atoms with van der Waals surface area (Å²) >= 11 is 0. The molecule has 1 aliphatic rings. The first-order chi connectivity index (χ1) is 7.00. The molecule has 0 aliphatic carbocycles. The Morgan fingerprint density at radius 2 is 1.93 bits per heavy atom. The summed E-state index contributed by atoms with van der Waals surface area (Å²) < 4.78 is 0. The van der Waals surface area contributed by atoms with Crippen LogP contribution in [0.4, 0.5) is 0 Å². The molecule has 0 aromatic heterocycles. The minimum atomic E-state index is -0.185. The zero-order valence-electron chi connectivity index (χ0n) is 10.6. The van der Waals surface area contributed by atoms with E-state index in [2.05, 4.69) is 37.7 Å². The van der Waals surface area contributed by atoms with Crippen LogP contribution in [0.25, 0.3) is 0 Å². The molecule has 1 aliphatic heterocycles. The zero-order valence-corrected chi connectivity index (χ0v) is 10.6. The van der Waals surface area contributed by atoms with E-state index in [9.17, 15) is 5.11 Å². The SMILES string of the molecule is CC(C)CC(O)C1CN(C)CCCN1C. The van der Waals surface area contributed by atoms with Crippen LogP contribution >= 0.6 is 0 Å². The minimum absolute atomic E-state index is 0.185. The van der Waals surface area contributed by atoms with Gasteiger partial charge in [0, 0.05) is 12.6 Å². The van der Waals surface area contributed by atoms with E-state index < -0.39 is 0 Å². The molecule has 1 fully saturated rings. The molecule has 0 amide bonds. The molecule has 0 saturated carbocycles. The summed E-state index contributed by atoms with van der Waals surface area (Å²) in [5.41, 5.74) is 0. The second-order valence-corrected chi connectivity index (χ2v) is 5.36. The maximum atomic E-state index is 10.2. The van der Waals surface area contributed by atoms with Crippen molar-refractivity contribution >= 4 is 0 Å². The van der Waals surface area contributed by atoms with Crippen molar-refractivity contribution in [2.75, 3.05) is 33.7 Å². The Morgan fingerprint density at radius 3 is 2.53 bits per heavy atom. The van der Waals surface area contributed by atoms with Crippen molar-refractivity contribution in [3.63, 3.8) is 0 Å². The van der Waals surface area contributed by atoms with Gasteiger partial charge in [-0.15, -0.1) is 0 Å². The summed E-state index contributed by atoms with van der Waals surface area (Å²) in [6.45, 7) is 7.58. The number of hydrogen-bond donors (Lipinski definition) is 1. The van der Waals surface area contributed by atoms with Gasteiger partial charge >= 0.3 is 0 Å². The summed E-state index contributed by atoms with van der Waals surface area (Å²) in [6, 6.07) is 0.305. The van der Waals surface area contributed by atoms with Crippen molar-refractivity contribution in [2.45, 2.75) is 38.8 Å². The summed E-state index contributed by atoms with van der Waals surface area (Å²) in [5.74, 6) is 0.571. The van der Waals surface area contributed by atoms with Crippen molar-refractivity contribution in [1.82, 2.24) is 9.80 Å². The number of likely N-dealkylation sites (N-methyl/N-ethyl adjacent to an activating group) is 2. The smallest absolute Gasteiger partial charge is 0.0710 e. The van der Waals surface area contributed by atoms with Gasteiger partial charge in [0.1, 0.15) is 0 Å². The molecule has 2 unspecified atom stereocenters. The average Bonchev–Trinajstić information content (AvgIpc) is 2.27. The molecule has 1 heterocycles. The maximum Gasteiger partial charge on any atom is 0.0710 e. The number of rotatable bonds is 3. The first-order valence-corrected chi connectivity index (χ1v) is 6.07. The molecule has 2 atom stereocenters. The Balaban J connectivity index is 2.54. The molecule has 0 aromatic carbocycles. The van der Waals surface area contributed by atoms with Crippen LogP contribution in [0, 0.1) is 5.92 Å². The van der Waals surface area contributed by atoms with Gasteiger partial charge in [-0.2, -0.15) is 0 Å². The molecular weight excluding hydrogens is 188 g/mol. The second-order valence-electron chi connectivity index (χ2n) is 5.36. The lowest BCUT2D eigenvalue weighted by atomic mass is 9.99. The van der Waals surface area contributed by atoms with Gasteiger partial charge in [0.25, 0.3) is 0 Å². The Labute approximate surface area is 94.1 Å². The van der Waals surface area contributed by atoms with Gasteiger partial charge in [-0.25, -0.2) is 0 Å². The van der Waals surface area contributed by atoms with E-state index in [1.54, 1.807) is 0 Å². The van der Waals surface area contributed by atoms with E-state index >= 15 is 0 Å². The standard InChI is InChI=1S/C12H26N2O/c1-10(2)8-12(15)11-9-13(3)6-5-7-14(11)4/h10-12,15H,5-9H2,1-4H3. The fraction of sp³-hybridized carbons (Fsp3) is 1.00. The molecule has 90 valence electrons. The van der Waals surface area contributed by atoms with E-state index in [0.717, 1.165) is 26.1 Å². The van der Waals surface area contributed by atoms with Gasteiger partial charge in [0.15, 0.2) is 0 Å². The number of aliphatic hydroxyl groups is 1. The number of hydrogen-bond acceptors (Lipinski definition) is 3. The molecule has 0 aromatic rings. The van der Waals surface area contributed by atoms with Crippen molar-refractivity contribution in [3.8, 4) is 0 Å². The summed E-state index contributed by atoms with van der Waals surface area (Å²) in [7, 11) is 4.28. The Morgan fingerprint density at radius 1 is 1.27 bits per heavy atom. The highest BCUT2D eigenvalue weighted by Gasteiger charge is 2.27. The topological polar surface area (TPSA) is 26.7 Å². The highest BCUT2D eigenvalue weighted by atomic mass is 16.3. The molecule has 3 nitrogen and oxygen atoms in total. The van der Waals surface area contributed by atoms with Gasteiger partial charge in [-0.1, -0.05) is 13.8 Å². The third-order valence-electron chi connectivity index (χ3n) is 3.27. The predicted molar refractivity (Wildman–Crippen MR) is 64.0 cm³/mol. The van der Waals surface area contributed by atoms with E-state index in [4.69, 9.17) is 0 Å². The predicted octanol–water partition coefficient (Wildman–Crippen LogP) is 1.03. The van der Waals surface area contributed by atoms with Crippen LogP contribution in [-0.2, 0) is 0 Å². The molecule has 0 radical (unpaired) electrons. The molecule has 1 N–H and O–H groups in total. The van der Waals surface area contributed by atoms with Crippen LogP contribution < -0.4 is 0 Å². The van der Waals surface area contributed by atoms with Crippen molar-refractivity contribution in [1.29, 1.82) is 0 Å². The second kappa shape index (κ2) is 5.83. The van der Waals surface area contributed by atoms with Crippen LogP contribution in [0.1, 0.15) is 26.7 Å². The normalized spacial score (nSPS) is 28.0. The Bertz CT molecular complexity index is 184. The van der Waals surface area contributed by atoms with E-state index in [1.165, 1.54) is 6.42 Å². The van der Waals surface area contributed by atoms with Crippen LogP contribution in [0.5, 0.6) is 0 Å². The van der Waals surface area contributed by atoms with Gasteiger partial charge in [0.2, 0.25) is 0 Å². The van der Waals surface area contributed by atoms with Crippen molar-refractivity contribution < 1.29 is 5.11 Å². The monoisotopic (exact) mass is 214 g/mol. The largest absolute Gasteiger partial charge is 0.391 e. The molecule has 0 bridgehead atoms. The highest BCUT2D eigenvalue weighted by Crippen LogP contribution is 2.15. The molecule has 1 rings (SSSR count). The fourth-order valence-corrected chi connectivity index (χ4v) is 2.36. The third kappa shape index (κ3) is 4.09. The molecule has 3 heteroatoms.